The Morgan fingerprint density at radius 1 is 1.54 bits per heavy atom. The van der Waals surface area contributed by atoms with E-state index in [-0.39, 0.29) is 17.9 Å². The van der Waals surface area contributed by atoms with Gasteiger partial charge in [-0.1, -0.05) is 20.3 Å². The Labute approximate surface area is 79.3 Å². The minimum absolute atomic E-state index is 0.147. The van der Waals surface area contributed by atoms with Crippen LogP contribution in [0.3, 0.4) is 0 Å². The lowest BCUT2D eigenvalue weighted by Gasteiger charge is -2.37. The third-order valence-electron chi connectivity index (χ3n) is 3.37. The molecule has 0 saturated heterocycles. The first-order valence-corrected chi connectivity index (χ1v) is 5.06. The summed E-state index contributed by atoms with van der Waals surface area (Å²) in [5.41, 5.74) is 5.94. The molecule has 4 unspecified atom stereocenters. The SMILES string of the molecule is CCC1CCC(C)C(C(=O)O)C1N. The van der Waals surface area contributed by atoms with Crippen molar-refractivity contribution in [2.75, 3.05) is 0 Å². The molecule has 76 valence electrons. The molecule has 0 aliphatic heterocycles. The van der Waals surface area contributed by atoms with Crippen LogP contribution in [0.1, 0.15) is 33.1 Å². The average molecular weight is 185 g/mol. The van der Waals surface area contributed by atoms with Crippen LogP contribution in [0, 0.1) is 17.8 Å². The van der Waals surface area contributed by atoms with Crippen LogP contribution in [-0.4, -0.2) is 17.1 Å². The zero-order chi connectivity index (χ0) is 10.0. The number of carboxylic acid groups (broad SMARTS) is 1. The maximum Gasteiger partial charge on any atom is 0.308 e. The fourth-order valence-electron chi connectivity index (χ4n) is 2.41. The predicted molar refractivity (Wildman–Crippen MR) is 51.3 cm³/mol. The highest BCUT2D eigenvalue weighted by molar-refractivity contribution is 5.71. The maximum atomic E-state index is 11.0. The molecule has 3 nitrogen and oxygen atoms in total. The molecule has 4 atom stereocenters. The van der Waals surface area contributed by atoms with Gasteiger partial charge in [0.25, 0.3) is 0 Å². The Morgan fingerprint density at radius 2 is 2.15 bits per heavy atom. The Balaban J connectivity index is 2.71. The molecule has 0 amide bonds. The number of aliphatic carboxylic acids is 1. The number of nitrogens with two attached hydrogens (primary N) is 1. The van der Waals surface area contributed by atoms with Crippen LogP contribution in [0.4, 0.5) is 0 Å². The van der Waals surface area contributed by atoms with E-state index in [0.717, 1.165) is 19.3 Å². The van der Waals surface area contributed by atoms with E-state index < -0.39 is 5.97 Å². The van der Waals surface area contributed by atoms with Crippen molar-refractivity contribution in [3.63, 3.8) is 0 Å². The standard InChI is InChI=1S/C10H19NO2/c1-3-7-5-4-6(2)8(9(7)11)10(12)13/h6-9H,3-5,11H2,1-2H3,(H,12,13). The second-order valence-electron chi connectivity index (χ2n) is 4.16. The first kappa shape index (κ1) is 10.5. The van der Waals surface area contributed by atoms with Gasteiger partial charge < -0.3 is 10.8 Å². The lowest BCUT2D eigenvalue weighted by Crippen LogP contribution is -2.47. The van der Waals surface area contributed by atoms with Crippen LogP contribution in [0.5, 0.6) is 0 Å². The molecule has 1 fully saturated rings. The van der Waals surface area contributed by atoms with E-state index in [4.69, 9.17) is 10.8 Å². The molecule has 1 aliphatic rings. The van der Waals surface area contributed by atoms with Crippen LogP contribution in [0.15, 0.2) is 0 Å². The highest BCUT2D eigenvalue weighted by Gasteiger charge is 2.38. The summed E-state index contributed by atoms with van der Waals surface area (Å²) in [6.45, 7) is 4.07. The van der Waals surface area contributed by atoms with Crippen molar-refractivity contribution >= 4 is 5.97 Å². The van der Waals surface area contributed by atoms with Crippen LogP contribution in [-0.2, 0) is 4.79 Å². The molecule has 0 spiro atoms. The molecule has 0 aromatic rings. The van der Waals surface area contributed by atoms with Crippen LogP contribution in [0.2, 0.25) is 0 Å². The molecule has 3 N–H and O–H groups in total. The zero-order valence-corrected chi connectivity index (χ0v) is 8.36. The second kappa shape index (κ2) is 4.09. The van der Waals surface area contributed by atoms with Crippen molar-refractivity contribution < 1.29 is 9.90 Å². The van der Waals surface area contributed by atoms with Gasteiger partial charge in [-0.15, -0.1) is 0 Å². The third kappa shape index (κ3) is 2.02. The summed E-state index contributed by atoms with van der Waals surface area (Å²) in [6.07, 6.45) is 3.09. The van der Waals surface area contributed by atoms with Gasteiger partial charge in [0, 0.05) is 6.04 Å². The first-order chi connectivity index (χ1) is 6.07. The molecule has 1 saturated carbocycles. The summed E-state index contributed by atoms with van der Waals surface area (Å²) in [4.78, 5) is 11.0. The molecule has 0 aromatic heterocycles. The van der Waals surface area contributed by atoms with E-state index in [0.29, 0.717) is 5.92 Å². The molecule has 0 bridgehead atoms. The van der Waals surface area contributed by atoms with Gasteiger partial charge in [0.05, 0.1) is 5.92 Å². The normalized spacial score (nSPS) is 40.2. The van der Waals surface area contributed by atoms with Gasteiger partial charge in [-0.25, -0.2) is 0 Å². The molecular formula is C10H19NO2. The minimum Gasteiger partial charge on any atom is -0.481 e. The van der Waals surface area contributed by atoms with E-state index >= 15 is 0 Å². The number of carboxylic acids is 1. The molecule has 1 rings (SSSR count). The molecular weight excluding hydrogens is 166 g/mol. The number of carbonyl (C=O) groups is 1. The first-order valence-electron chi connectivity index (χ1n) is 5.06. The highest BCUT2D eigenvalue weighted by Crippen LogP contribution is 2.34. The lowest BCUT2D eigenvalue weighted by atomic mass is 9.70. The van der Waals surface area contributed by atoms with Gasteiger partial charge in [-0.2, -0.15) is 0 Å². The van der Waals surface area contributed by atoms with Gasteiger partial charge in [-0.3, -0.25) is 4.79 Å². The summed E-state index contributed by atoms with van der Waals surface area (Å²) in [6, 6.07) is -0.147. The monoisotopic (exact) mass is 185 g/mol. The van der Waals surface area contributed by atoms with Crippen LogP contribution in [0.25, 0.3) is 0 Å². The molecule has 0 radical (unpaired) electrons. The minimum atomic E-state index is -0.724. The average Bonchev–Trinajstić information content (AvgIpc) is 2.04. The van der Waals surface area contributed by atoms with Crippen molar-refractivity contribution in [1.82, 2.24) is 0 Å². The smallest absolute Gasteiger partial charge is 0.308 e. The topological polar surface area (TPSA) is 63.3 Å². The summed E-state index contributed by atoms with van der Waals surface area (Å²) in [5.74, 6) is -0.426. The largest absolute Gasteiger partial charge is 0.481 e. The van der Waals surface area contributed by atoms with E-state index in [1.165, 1.54) is 0 Å². The second-order valence-corrected chi connectivity index (χ2v) is 4.16. The van der Waals surface area contributed by atoms with Crippen molar-refractivity contribution in [2.24, 2.45) is 23.5 Å². The fraction of sp³-hybridized carbons (Fsp3) is 0.900. The van der Waals surface area contributed by atoms with E-state index in [1.54, 1.807) is 0 Å². The molecule has 3 heteroatoms. The van der Waals surface area contributed by atoms with Crippen molar-refractivity contribution in [2.45, 2.75) is 39.2 Å². The Morgan fingerprint density at radius 3 is 2.62 bits per heavy atom. The highest BCUT2D eigenvalue weighted by atomic mass is 16.4. The molecule has 1 aliphatic carbocycles. The van der Waals surface area contributed by atoms with Gasteiger partial charge in [-0.05, 0) is 24.7 Å². The molecule has 0 heterocycles. The zero-order valence-electron chi connectivity index (χ0n) is 8.36. The number of rotatable bonds is 2. The summed E-state index contributed by atoms with van der Waals surface area (Å²) in [5, 5.41) is 9.01. The fourth-order valence-corrected chi connectivity index (χ4v) is 2.41. The maximum absolute atomic E-state index is 11.0. The van der Waals surface area contributed by atoms with Crippen molar-refractivity contribution in [3.8, 4) is 0 Å². The van der Waals surface area contributed by atoms with Crippen molar-refractivity contribution in [1.29, 1.82) is 0 Å². The van der Waals surface area contributed by atoms with Gasteiger partial charge in [0.1, 0.15) is 0 Å². The van der Waals surface area contributed by atoms with Crippen molar-refractivity contribution in [3.05, 3.63) is 0 Å². The van der Waals surface area contributed by atoms with Gasteiger partial charge in [0.2, 0.25) is 0 Å². The number of hydrogen-bond donors (Lipinski definition) is 2. The van der Waals surface area contributed by atoms with Gasteiger partial charge in [0.15, 0.2) is 0 Å². The summed E-state index contributed by atoms with van der Waals surface area (Å²) < 4.78 is 0. The molecule has 0 aromatic carbocycles. The lowest BCUT2D eigenvalue weighted by molar-refractivity contribution is -0.146. The third-order valence-corrected chi connectivity index (χ3v) is 3.37. The Kier molecular flexibility index (Phi) is 3.31. The predicted octanol–water partition coefficient (Wildman–Crippen LogP) is 1.47. The van der Waals surface area contributed by atoms with Gasteiger partial charge >= 0.3 is 5.97 Å². The quantitative estimate of drug-likeness (QED) is 0.684. The van der Waals surface area contributed by atoms with Crippen LogP contribution >= 0.6 is 0 Å². The Bertz CT molecular complexity index is 193. The van der Waals surface area contributed by atoms with E-state index in [2.05, 4.69) is 6.92 Å². The van der Waals surface area contributed by atoms with E-state index in [9.17, 15) is 4.79 Å². The number of hydrogen-bond acceptors (Lipinski definition) is 2. The van der Waals surface area contributed by atoms with E-state index in [1.807, 2.05) is 6.92 Å². The molecule has 13 heavy (non-hydrogen) atoms. The Hall–Kier alpha value is -0.570. The summed E-state index contributed by atoms with van der Waals surface area (Å²) in [7, 11) is 0. The summed E-state index contributed by atoms with van der Waals surface area (Å²) >= 11 is 0. The van der Waals surface area contributed by atoms with Crippen LogP contribution < -0.4 is 5.73 Å².